The van der Waals surface area contributed by atoms with Crippen molar-refractivity contribution < 1.29 is 9.59 Å². The van der Waals surface area contributed by atoms with Gasteiger partial charge in [0.25, 0.3) is 0 Å². The summed E-state index contributed by atoms with van der Waals surface area (Å²) >= 11 is 0. The summed E-state index contributed by atoms with van der Waals surface area (Å²) in [4.78, 5) is 22.9. The number of hydrogen-bond acceptors (Lipinski definition) is 2. The summed E-state index contributed by atoms with van der Waals surface area (Å²) in [7, 11) is 0. The predicted octanol–water partition coefficient (Wildman–Crippen LogP) is 1.38. The molecule has 3 N–H and O–H groups in total. The Morgan fingerprint density at radius 3 is 2.19 bits per heavy atom. The van der Waals surface area contributed by atoms with Crippen molar-refractivity contribution in [2.75, 3.05) is 5.32 Å². The van der Waals surface area contributed by atoms with Gasteiger partial charge in [-0.15, -0.1) is 0 Å². The van der Waals surface area contributed by atoms with E-state index in [4.69, 9.17) is 5.73 Å². The Labute approximate surface area is 94.8 Å². The molecule has 0 aliphatic carbocycles. The SMILES string of the molecule is CC(C)C(C(N)=O)C(=O)Nc1ccccc1. The summed E-state index contributed by atoms with van der Waals surface area (Å²) in [5.41, 5.74) is 5.86. The summed E-state index contributed by atoms with van der Waals surface area (Å²) < 4.78 is 0. The van der Waals surface area contributed by atoms with Crippen molar-refractivity contribution in [3.63, 3.8) is 0 Å². The quantitative estimate of drug-likeness (QED) is 0.752. The van der Waals surface area contributed by atoms with E-state index in [9.17, 15) is 9.59 Å². The van der Waals surface area contributed by atoms with Crippen LogP contribution in [0.3, 0.4) is 0 Å². The molecule has 16 heavy (non-hydrogen) atoms. The summed E-state index contributed by atoms with van der Waals surface area (Å²) in [6, 6.07) is 8.99. The van der Waals surface area contributed by atoms with E-state index in [0.717, 1.165) is 0 Å². The zero-order valence-electron chi connectivity index (χ0n) is 9.44. The van der Waals surface area contributed by atoms with Gasteiger partial charge in [-0.05, 0) is 18.1 Å². The van der Waals surface area contributed by atoms with Crippen molar-refractivity contribution in [1.82, 2.24) is 0 Å². The maximum Gasteiger partial charge on any atom is 0.237 e. The third-order valence-corrected chi connectivity index (χ3v) is 2.30. The highest BCUT2D eigenvalue weighted by Gasteiger charge is 2.27. The van der Waals surface area contributed by atoms with Crippen molar-refractivity contribution in [3.8, 4) is 0 Å². The Hall–Kier alpha value is -1.84. The van der Waals surface area contributed by atoms with Crippen LogP contribution in [0.5, 0.6) is 0 Å². The molecule has 1 unspecified atom stereocenters. The van der Waals surface area contributed by atoms with E-state index in [2.05, 4.69) is 5.32 Å². The standard InChI is InChI=1S/C12H16N2O2/c1-8(2)10(11(13)15)12(16)14-9-6-4-3-5-7-9/h3-8,10H,1-2H3,(H2,13,15)(H,14,16). The van der Waals surface area contributed by atoms with E-state index in [1.54, 1.807) is 26.0 Å². The number of benzene rings is 1. The van der Waals surface area contributed by atoms with E-state index >= 15 is 0 Å². The van der Waals surface area contributed by atoms with E-state index in [0.29, 0.717) is 5.69 Å². The average molecular weight is 220 g/mol. The molecule has 0 heterocycles. The number of amides is 2. The van der Waals surface area contributed by atoms with Gasteiger partial charge in [-0.3, -0.25) is 9.59 Å². The first-order valence-electron chi connectivity index (χ1n) is 5.17. The summed E-state index contributed by atoms with van der Waals surface area (Å²) in [5.74, 6) is -1.85. The van der Waals surface area contributed by atoms with E-state index in [1.807, 2.05) is 18.2 Å². The number of anilines is 1. The van der Waals surface area contributed by atoms with Gasteiger partial charge in [-0.25, -0.2) is 0 Å². The molecular weight excluding hydrogens is 204 g/mol. The monoisotopic (exact) mass is 220 g/mol. The zero-order valence-corrected chi connectivity index (χ0v) is 9.44. The highest BCUT2D eigenvalue weighted by Crippen LogP contribution is 2.14. The lowest BCUT2D eigenvalue weighted by Gasteiger charge is -2.16. The van der Waals surface area contributed by atoms with Crippen molar-refractivity contribution in [3.05, 3.63) is 30.3 Å². The third-order valence-electron chi connectivity index (χ3n) is 2.30. The molecule has 0 saturated heterocycles. The first-order chi connectivity index (χ1) is 7.52. The van der Waals surface area contributed by atoms with Crippen LogP contribution in [0.15, 0.2) is 30.3 Å². The first-order valence-corrected chi connectivity index (χ1v) is 5.17. The van der Waals surface area contributed by atoms with Crippen LogP contribution in [-0.2, 0) is 9.59 Å². The van der Waals surface area contributed by atoms with Crippen LogP contribution in [0.1, 0.15) is 13.8 Å². The number of carbonyl (C=O) groups is 2. The van der Waals surface area contributed by atoms with E-state index in [-0.39, 0.29) is 11.8 Å². The number of carbonyl (C=O) groups excluding carboxylic acids is 2. The fourth-order valence-corrected chi connectivity index (χ4v) is 1.50. The molecule has 1 rings (SSSR count). The first kappa shape index (κ1) is 12.2. The molecule has 0 radical (unpaired) electrons. The maximum absolute atomic E-state index is 11.8. The summed E-state index contributed by atoms with van der Waals surface area (Å²) in [5, 5.41) is 2.66. The summed E-state index contributed by atoms with van der Waals surface area (Å²) in [6.45, 7) is 3.58. The molecule has 4 nitrogen and oxygen atoms in total. The fraction of sp³-hybridized carbons (Fsp3) is 0.333. The minimum absolute atomic E-state index is 0.110. The van der Waals surface area contributed by atoms with Gasteiger partial charge in [0.2, 0.25) is 11.8 Å². The lowest BCUT2D eigenvalue weighted by molar-refractivity contribution is -0.132. The highest BCUT2D eigenvalue weighted by atomic mass is 16.2. The lowest BCUT2D eigenvalue weighted by atomic mass is 9.94. The van der Waals surface area contributed by atoms with Gasteiger partial charge in [0.1, 0.15) is 5.92 Å². The number of para-hydroxylation sites is 1. The fourth-order valence-electron chi connectivity index (χ4n) is 1.50. The number of nitrogens with one attached hydrogen (secondary N) is 1. The minimum atomic E-state index is -0.791. The number of rotatable bonds is 4. The number of hydrogen-bond donors (Lipinski definition) is 2. The van der Waals surface area contributed by atoms with Crippen LogP contribution < -0.4 is 11.1 Å². The Kier molecular flexibility index (Phi) is 4.05. The molecule has 0 saturated carbocycles. The van der Waals surface area contributed by atoms with Gasteiger partial charge < -0.3 is 11.1 Å². The van der Waals surface area contributed by atoms with Crippen molar-refractivity contribution in [2.45, 2.75) is 13.8 Å². The molecule has 0 bridgehead atoms. The molecule has 0 aliphatic rings. The smallest absolute Gasteiger partial charge is 0.237 e. The van der Waals surface area contributed by atoms with Crippen LogP contribution in [0.25, 0.3) is 0 Å². The van der Waals surface area contributed by atoms with Gasteiger partial charge in [-0.2, -0.15) is 0 Å². The third kappa shape index (κ3) is 3.08. The van der Waals surface area contributed by atoms with Crippen molar-refractivity contribution >= 4 is 17.5 Å². The van der Waals surface area contributed by atoms with E-state index in [1.165, 1.54) is 0 Å². The Balaban J connectivity index is 2.74. The molecule has 86 valence electrons. The molecule has 0 spiro atoms. The second kappa shape index (κ2) is 5.30. The van der Waals surface area contributed by atoms with E-state index < -0.39 is 11.8 Å². The van der Waals surface area contributed by atoms with Crippen LogP contribution in [0, 0.1) is 11.8 Å². The predicted molar refractivity (Wildman–Crippen MR) is 62.6 cm³/mol. The summed E-state index contributed by atoms with van der Waals surface area (Å²) in [6.07, 6.45) is 0. The molecule has 1 aromatic rings. The Morgan fingerprint density at radius 2 is 1.75 bits per heavy atom. The normalized spacial score (nSPS) is 12.2. The highest BCUT2D eigenvalue weighted by molar-refractivity contribution is 6.06. The van der Waals surface area contributed by atoms with Crippen molar-refractivity contribution in [2.24, 2.45) is 17.6 Å². The second-order valence-corrected chi connectivity index (χ2v) is 3.98. The lowest BCUT2D eigenvalue weighted by Crippen LogP contribution is -2.37. The minimum Gasteiger partial charge on any atom is -0.369 e. The van der Waals surface area contributed by atoms with Gasteiger partial charge in [0, 0.05) is 5.69 Å². The largest absolute Gasteiger partial charge is 0.369 e. The Bertz CT molecular complexity index is 374. The van der Waals surface area contributed by atoms with Gasteiger partial charge in [0.15, 0.2) is 0 Å². The second-order valence-electron chi connectivity index (χ2n) is 3.98. The maximum atomic E-state index is 11.8. The van der Waals surface area contributed by atoms with Gasteiger partial charge in [-0.1, -0.05) is 32.0 Å². The molecule has 2 amide bonds. The van der Waals surface area contributed by atoms with Crippen LogP contribution in [0.4, 0.5) is 5.69 Å². The zero-order chi connectivity index (χ0) is 12.1. The van der Waals surface area contributed by atoms with Crippen LogP contribution >= 0.6 is 0 Å². The molecule has 0 fully saturated rings. The van der Waals surface area contributed by atoms with Gasteiger partial charge >= 0.3 is 0 Å². The van der Waals surface area contributed by atoms with Crippen LogP contribution in [0.2, 0.25) is 0 Å². The molecular formula is C12H16N2O2. The number of primary amides is 1. The molecule has 1 atom stereocenters. The molecule has 1 aromatic carbocycles. The van der Waals surface area contributed by atoms with Crippen LogP contribution in [-0.4, -0.2) is 11.8 Å². The number of nitrogens with two attached hydrogens (primary N) is 1. The van der Waals surface area contributed by atoms with Crippen molar-refractivity contribution in [1.29, 1.82) is 0 Å². The molecule has 0 aromatic heterocycles. The molecule has 4 heteroatoms. The average Bonchev–Trinajstić information content (AvgIpc) is 2.17. The Morgan fingerprint density at radius 1 is 1.19 bits per heavy atom. The topological polar surface area (TPSA) is 72.2 Å². The molecule has 0 aliphatic heterocycles. The van der Waals surface area contributed by atoms with Gasteiger partial charge in [0.05, 0.1) is 0 Å².